The minimum Gasteiger partial charge on any atom is -0.349 e. The van der Waals surface area contributed by atoms with E-state index in [-0.39, 0.29) is 5.91 Å². The molecule has 0 aliphatic heterocycles. The molecule has 0 heterocycles. The lowest BCUT2D eigenvalue weighted by molar-refractivity contribution is 0.0903. The molecule has 1 N–H and O–H groups in total. The van der Waals surface area contributed by atoms with Crippen LogP contribution in [0.25, 0.3) is 0 Å². The number of hydrogen-bond acceptors (Lipinski definition) is 1. The van der Waals surface area contributed by atoms with Gasteiger partial charge in [-0.1, -0.05) is 32.9 Å². The molecule has 1 fully saturated rings. The molecular weight excluding hydrogens is 314 g/mol. The predicted octanol–water partition coefficient (Wildman–Crippen LogP) is 4.78. The number of carbonyl (C=O) groups excluding carboxylic acids is 1. The monoisotopic (exact) mass is 337 g/mol. The van der Waals surface area contributed by atoms with Crippen LogP contribution in [0.3, 0.4) is 0 Å². The van der Waals surface area contributed by atoms with E-state index >= 15 is 0 Å². The Labute approximate surface area is 130 Å². The van der Waals surface area contributed by atoms with Crippen molar-refractivity contribution in [2.24, 2.45) is 11.3 Å². The Morgan fingerprint density at radius 3 is 2.30 bits per heavy atom. The van der Waals surface area contributed by atoms with Gasteiger partial charge in [0.05, 0.1) is 5.56 Å². The maximum Gasteiger partial charge on any atom is 0.252 e. The Bertz CT molecular complexity index is 470. The minimum atomic E-state index is 0.0386. The van der Waals surface area contributed by atoms with Crippen LogP contribution in [0.4, 0.5) is 0 Å². The van der Waals surface area contributed by atoms with Crippen LogP contribution in [0.1, 0.15) is 56.8 Å². The van der Waals surface area contributed by atoms with Gasteiger partial charge in [-0.3, -0.25) is 4.79 Å². The summed E-state index contributed by atoms with van der Waals surface area (Å²) in [6, 6.07) is 7.92. The zero-order valence-electron chi connectivity index (χ0n) is 12.6. The van der Waals surface area contributed by atoms with Gasteiger partial charge in [-0.25, -0.2) is 0 Å². The van der Waals surface area contributed by atoms with Gasteiger partial charge in [-0.15, -0.1) is 0 Å². The van der Waals surface area contributed by atoms with Crippen LogP contribution in [0.2, 0.25) is 0 Å². The Hall–Kier alpha value is -0.830. The summed E-state index contributed by atoms with van der Waals surface area (Å²) in [5, 5.41) is 3.18. The predicted molar refractivity (Wildman–Crippen MR) is 86.8 cm³/mol. The molecule has 2 nitrogen and oxygen atoms in total. The molecular formula is C17H24BrNO. The van der Waals surface area contributed by atoms with Crippen LogP contribution in [-0.4, -0.2) is 11.9 Å². The standard InChI is InChI=1S/C17H24BrNO/c1-17(2,3)12-8-10-13(11-9-12)19-16(20)14-6-4-5-7-15(14)18/h4-7,12-13H,8-11H2,1-3H3,(H,19,20). The van der Waals surface area contributed by atoms with Crippen molar-refractivity contribution < 1.29 is 4.79 Å². The SMILES string of the molecule is CC(C)(C)C1CCC(NC(=O)c2ccccc2Br)CC1. The second kappa shape index (κ2) is 6.30. The topological polar surface area (TPSA) is 29.1 Å². The number of nitrogens with one attached hydrogen (secondary N) is 1. The molecule has 1 aromatic carbocycles. The lowest BCUT2D eigenvalue weighted by Gasteiger charge is -2.37. The number of hydrogen-bond donors (Lipinski definition) is 1. The van der Waals surface area contributed by atoms with Gasteiger partial charge in [-0.05, 0) is 65.1 Å². The number of carbonyl (C=O) groups is 1. The first-order chi connectivity index (χ1) is 9.38. The summed E-state index contributed by atoms with van der Waals surface area (Å²) >= 11 is 3.44. The van der Waals surface area contributed by atoms with Crippen LogP contribution >= 0.6 is 15.9 Å². The fourth-order valence-corrected chi connectivity index (χ4v) is 3.48. The second-order valence-corrected chi connectivity index (χ2v) is 7.72. The van der Waals surface area contributed by atoms with E-state index in [9.17, 15) is 4.79 Å². The van der Waals surface area contributed by atoms with Gasteiger partial charge in [0.1, 0.15) is 0 Å². The summed E-state index contributed by atoms with van der Waals surface area (Å²) in [5.41, 5.74) is 1.11. The molecule has 0 unspecified atom stereocenters. The molecule has 0 spiro atoms. The zero-order chi connectivity index (χ0) is 14.8. The quantitative estimate of drug-likeness (QED) is 0.826. The third-order valence-electron chi connectivity index (χ3n) is 4.41. The lowest BCUT2D eigenvalue weighted by Crippen LogP contribution is -2.39. The van der Waals surface area contributed by atoms with Crippen molar-refractivity contribution in [3.63, 3.8) is 0 Å². The molecule has 0 aromatic heterocycles. The van der Waals surface area contributed by atoms with Gasteiger partial charge in [0.25, 0.3) is 5.91 Å². The van der Waals surface area contributed by atoms with Gasteiger partial charge in [0.2, 0.25) is 0 Å². The molecule has 3 heteroatoms. The van der Waals surface area contributed by atoms with E-state index in [1.807, 2.05) is 24.3 Å². The third kappa shape index (κ3) is 3.85. The Balaban J connectivity index is 1.90. The molecule has 0 saturated heterocycles. The minimum absolute atomic E-state index is 0.0386. The van der Waals surface area contributed by atoms with Gasteiger partial charge in [-0.2, -0.15) is 0 Å². The molecule has 1 aliphatic rings. The van der Waals surface area contributed by atoms with E-state index < -0.39 is 0 Å². The van der Waals surface area contributed by atoms with Crippen LogP contribution in [0.5, 0.6) is 0 Å². The highest BCUT2D eigenvalue weighted by Crippen LogP contribution is 2.37. The van der Waals surface area contributed by atoms with Crippen molar-refractivity contribution in [1.29, 1.82) is 0 Å². The van der Waals surface area contributed by atoms with Crippen molar-refractivity contribution in [2.45, 2.75) is 52.5 Å². The normalized spacial score (nSPS) is 23.4. The molecule has 1 amide bonds. The maximum atomic E-state index is 12.3. The van der Waals surface area contributed by atoms with Crippen molar-refractivity contribution >= 4 is 21.8 Å². The van der Waals surface area contributed by atoms with Crippen LogP contribution < -0.4 is 5.32 Å². The van der Waals surface area contributed by atoms with Crippen molar-refractivity contribution in [1.82, 2.24) is 5.32 Å². The molecule has 2 rings (SSSR count). The average molecular weight is 338 g/mol. The molecule has 1 aromatic rings. The first-order valence-electron chi connectivity index (χ1n) is 7.43. The summed E-state index contributed by atoms with van der Waals surface area (Å²) in [6.07, 6.45) is 4.62. The van der Waals surface area contributed by atoms with Crippen molar-refractivity contribution in [2.75, 3.05) is 0 Å². The number of rotatable bonds is 2. The zero-order valence-corrected chi connectivity index (χ0v) is 14.2. The molecule has 20 heavy (non-hydrogen) atoms. The van der Waals surface area contributed by atoms with Crippen LogP contribution in [0, 0.1) is 11.3 Å². The molecule has 0 bridgehead atoms. The summed E-state index contributed by atoms with van der Waals surface area (Å²) in [7, 11) is 0. The average Bonchev–Trinajstić information content (AvgIpc) is 2.38. The van der Waals surface area contributed by atoms with Gasteiger partial charge in [0.15, 0.2) is 0 Å². The van der Waals surface area contributed by atoms with E-state index in [2.05, 4.69) is 42.0 Å². The highest BCUT2D eigenvalue weighted by atomic mass is 79.9. The highest BCUT2D eigenvalue weighted by molar-refractivity contribution is 9.10. The fourth-order valence-electron chi connectivity index (χ4n) is 3.01. The molecule has 110 valence electrons. The Kier molecular flexibility index (Phi) is 4.90. The van der Waals surface area contributed by atoms with Gasteiger partial charge >= 0.3 is 0 Å². The van der Waals surface area contributed by atoms with Gasteiger partial charge in [0, 0.05) is 10.5 Å². The molecule has 1 aliphatic carbocycles. The second-order valence-electron chi connectivity index (χ2n) is 6.87. The number of amides is 1. The summed E-state index contributed by atoms with van der Waals surface area (Å²) in [4.78, 5) is 12.3. The fraction of sp³-hybridized carbons (Fsp3) is 0.588. The van der Waals surface area contributed by atoms with Crippen LogP contribution in [0.15, 0.2) is 28.7 Å². The third-order valence-corrected chi connectivity index (χ3v) is 5.10. The van der Waals surface area contributed by atoms with E-state index in [0.717, 1.165) is 28.8 Å². The van der Waals surface area contributed by atoms with E-state index in [1.165, 1.54) is 12.8 Å². The first kappa shape index (κ1) is 15.6. The van der Waals surface area contributed by atoms with Gasteiger partial charge < -0.3 is 5.32 Å². The highest BCUT2D eigenvalue weighted by Gasteiger charge is 2.30. The molecule has 0 atom stereocenters. The lowest BCUT2D eigenvalue weighted by atomic mass is 9.71. The first-order valence-corrected chi connectivity index (χ1v) is 8.22. The smallest absolute Gasteiger partial charge is 0.252 e. The molecule has 0 radical (unpaired) electrons. The summed E-state index contributed by atoms with van der Waals surface area (Å²) < 4.78 is 0.862. The summed E-state index contributed by atoms with van der Waals surface area (Å²) in [5.74, 6) is 0.816. The number of benzene rings is 1. The summed E-state index contributed by atoms with van der Waals surface area (Å²) in [6.45, 7) is 6.95. The van der Waals surface area contributed by atoms with Crippen molar-refractivity contribution in [3.05, 3.63) is 34.3 Å². The van der Waals surface area contributed by atoms with E-state index in [0.29, 0.717) is 11.5 Å². The Morgan fingerprint density at radius 2 is 1.75 bits per heavy atom. The largest absolute Gasteiger partial charge is 0.349 e. The maximum absolute atomic E-state index is 12.3. The number of halogens is 1. The Morgan fingerprint density at radius 1 is 1.15 bits per heavy atom. The van der Waals surface area contributed by atoms with Crippen LogP contribution in [-0.2, 0) is 0 Å². The van der Waals surface area contributed by atoms with E-state index in [1.54, 1.807) is 0 Å². The van der Waals surface area contributed by atoms with E-state index in [4.69, 9.17) is 0 Å². The molecule has 1 saturated carbocycles. The van der Waals surface area contributed by atoms with Crippen molar-refractivity contribution in [3.8, 4) is 0 Å².